The summed E-state index contributed by atoms with van der Waals surface area (Å²) in [4.78, 5) is 41.3. The molecule has 2 amide bonds. The van der Waals surface area contributed by atoms with Crippen molar-refractivity contribution in [3.05, 3.63) is 0 Å². The molecule has 7 nitrogen and oxygen atoms in total. The average molecular weight is 427 g/mol. The number of hydrogen-bond donors (Lipinski definition) is 2. The molecule has 0 aliphatic carbocycles. The van der Waals surface area contributed by atoms with Crippen LogP contribution in [0.25, 0.3) is 0 Å². The molecular formula is C21H34N2O5S. The average Bonchev–Trinajstić information content (AvgIpc) is 3.25. The van der Waals surface area contributed by atoms with Gasteiger partial charge in [-0.2, -0.15) is 0 Å². The van der Waals surface area contributed by atoms with Gasteiger partial charge in [-0.05, 0) is 39.5 Å². The van der Waals surface area contributed by atoms with E-state index in [-0.39, 0.29) is 48.2 Å². The van der Waals surface area contributed by atoms with Gasteiger partial charge in [-0.1, -0.05) is 20.3 Å². The monoisotopic (exact) mass is 426 g/mol. The first-order valence-electron chi connectivity index (χ1n) is 10.8. The zero-order valence-electron chi connectivity index (χ0n) is 18.0. The summed E-state index contributed by atoms with van der Waals surface area (Å²) in [6.45, 7) is 9.68. The molecule has 2 bridgehead atoms. The van der Waals surface area contributed by atoms with Crippen LogP contribution in [0.4, 0.5) is 0 Å². The number of carbonyl (C=O) groups excluding carboxylic acids is 3. The maximum absolute atomic E-state index is 13.6. The van der Waals surface area contributed by atoms with Crippen molar-refractivity contribution in [1.82, 2.24) is 10.2 Å². The molecule has 0 aromatic rings. The lowest BCUT2D eigenvalue weighted by molar-refractivity contribution is -0.154. The highest BCUT2D eigenvalue weighted by Crippen LogP contribution is 2.68. The number of carbonyl (C=O) groups is 3. The number of nitrogens with zero attached hydrogens (tertiary/aromatic N) is 1. The van der Waals surface area contributed by atoms with Crippen LogP contribution in [-0.2, 0) is 19.1 Å². The van der Waals surface area contributed by atoms with Crippen LogP contribution in [0.15, 0.2) is 0 Å². The van der Waals surface area contributed by atoms with E-state index in [0.717, 1.165) is 19.3 Å². The molecule has 29 heavy (non-hydrogen) atoms. The van der Waals surface area contributed by atoms with Crippen LogP contribution in [0.5, 0.6) is 0 Å². The van der Waals surface area contributed by atoms with Crippen molar-refractivity contribution in [2.24, 2.45) is 17.8 Å². The fourth-order valence-corrected chi connectivity index (χ4v) is 8.05. The maximum Gasteiger partial charge on any atom is 0.310 e. The Balaban J connectivity index is 2.02. The molecule has 0 aromatic carbocycles. The highest BCUT2D eigenvalue weighted by molar-refractivity contribution is 8.02. The molecule has 3 aliphatic rings. The number of esters is 1. The van der Waals surface area contributed by atoms with E-state index < -0.39 is 28.7 Å². The summed E-state index contributed by atoms with van der Waals surface area (Å²) in [7, 11) is 0. The highest BCUT2D eigenvalue weighted by atomic mass is 32.2. The second-order valence-electron chi connectivity index (χ2n) is 8.78. The number of nitrogens with one attached hydrogen (secondary N) is 1. The third kappa shape index (κ3) is 3.36. The lowest BCUT2D eigenvalue weighted by Gasteiger charge is -2.39. The summed E-state index contributed by atoms with van der Waals surface area (Å²) in [5.41, 5.74) is 0. The van der Waals surface area contributed by atoms with Crippen LogP contribution in [0.3, 0.4) is 0 Å². The standard InChI is InChI=1S/C21H34N2O5S/c1-6-8-12(4)22-18(25)17-21-11(3)9-14(29-21)15(20(27)28-7-2)16(21)19(26)23(17)13(5)10-24/h11-17,24H,6-10H2,1-5H3,(H,22,25)/t11?,12?,13-,14+,15-,16+,17?,21?/m1/s1. The maximum atomic E-state index is 13.6. The molecule has 3 fully saturated rings. The largest absolute Gasteiger partial charge is 0.466 e. The summed E-state index contributed by atoms with van der Waals surface area (Å²) in [5, 5.41) is 12.9. The summed E-state index contributed by atoms with van der Waals surface area (Å²) in [5.74, 6) is -1.70. The van der Waals surface area contributed by atoms with Crippen molar-refractivity contribution >= 4 is 29.5 Å². The second kappa shape index (κ2) is 8.46. The number of likely N-dealkylation sites (tertiary alicyclic amines) is 1. The lowest BCUT2D eigenvalue weighted by atomic mass is 9.66. The summed E-state index contributed by atoms with van der Waals surface area (Å²) in [6, 6.07) is -1.18. The van der Waals surface area contributed by atoms with Crippen molar-refractivity contribution in [3.8, 4) is 0 Å². The minimum absolute atomic E-state index is 0.00379. The second-order valence-corrected chi connectivity index (χ2v) is 10.3. The minimum atomic E-state index is -0.689. The predicted octanol–water partition coefficient (Wildman–Crippen LogP) is 1.57. The van der Waals surface area contributed by atoms with Crippen LogP contribution in [0, 0.1) is 17.8 Å². The van der Waals surface area contributed by atoms with Gasteiger partial charge in [-0.15, -0.1) is 11.8 Å². The Morgan fingerprint density at radius 2 is 2.07 bits per heavy atom. The molecule has 3 saturated heterocycles. The van der Waals surface area contributed by atoms with Gasteiger partial charge in [-0.25, -0.2) is 0 Å². The molecule has 164 valence electrons. The van der Waals surface area contributed by atoms with Gasteiger partial charge >= 0.3 is 5.97 Å². The molecule has 0 radical (unpaired) electrons. The molecule has 2 N–H and O–H groups in total. The molecule has 1 spiro atoms. The number of rotatable bonds is 8. The number of ether oxygens (including phenoxy) is 1. The van der Waals surface area contributed by atoms with Crippen LogP contribution in [0.2, 0.25) is 0 Å². The van der Waals surface area contributed by atoms with Crippen molar-refractivity contribution in [2.75, 3.05) is 13.2 Å². The van der Waals surface area contributed by atoms with Gasteiger partial charge in [-0.3, -0.25) is 14.4 Å². The normalized spacial score (nSPS) is 37.4. The Kier molecular flexibility index (Phi) is 6.53. The first-order chi connectivity index (χ1) is 13.7. The quantitative estimate of drug-likeness (QED) is 0.572. The number of fused-ring (bicyclic) bond motifs is 1. The zero-order valence-corrected chi connectivity index (χ0v) is 18.8. The van der Waals surface area contributed by atoms with Gasteiger partial charge in [0.2, 0.25) is 11.8 Å². The van der Waals surface area contributed by atoms with E-state index in [1.165, 1.54) is 0 Å². The number of aliphatic hydroxyl groups excluding tert-OH is 1. The first kappa shape index (κ1) is 22.4. The van der Waals surface area contributed by atoms with E-state index in [4.69, 9.17) is 4.74 Å². The molecular weight excluding hydrogens is 392 g/mol. The fraction of sp³-hybridized carbons (Fsp3) is 0.857. The van der Waals surface area contributed by atoms with Gasteiger partial charge in [0.05, 0.1) is 35.8 Å². The van der Waals surface area contributed by atoms with Crippen molar-refractivity contribution in [2.45, 2.75) is 82.0 Å². The van der Waals surface area contributed by atoms with Gasteiger partial charge < -0.3 is 20.1 Å². The molecule has 3 rings (SSSR count). The molecule has 3 aliphatic heterocycles. The smallest absolute Gasteiger partial charge is 0.310 e. The van der Waals surface area contributed by atoms with Crippen LogP contribution in [-0.4, -0.2) is 69.1 Å². The third-order valence-electron chi connectivity index (χ3n) is 6.84. The number of hydrogen-bond acceptors (Lipinski definition) is 6. The van der Waals surface area contributed by atoms with Crippen molar-refractivity contribution in [1.29, 1.82) is 0 Å². The SMILES string of the molecule is CCCC(C)NC(=O)C1N([C@H](C)CO)C(=O)[C@@H]2[C@H](C(=O)OCC)[C@@H]3CC(C)C12S3. The Labute approximate surface area is 177 Å². The fourth-order valence-electron chi connectivity index (χ4n) is 5.65. The molecule has 8 heteroatoms. The van der Waals surface area contributed by atoms with Crippen LogP contribution >= 0.6 is 11.8 Å². The van der Waals surface area contributed by atoms with E-state index in [9.17, 15) is 19.5 Å². The molecule has 8 atom stereocenters. The van der Waals surface area contributed by atoms with Gasteiger partial charge in [0.15, 0.2) is 0 Å². The lowest BCUT2D eigenvalue weighted by Crippen LogP contribution is -2.59. The summed E-state index contributed by atoms with van der Waals surface area (Å²) in [6.07, 6.45) is 2.59. The predicted molar refractivity (Wildman–Crippen MR) is 111 cm³/mol. The van der Waals surface area contributed by atoms with Gasteiger partial charge in [0.25, 0.3) is 0 Å². The molecule has 0 saturated carbocycles. The van der Waals surface area contributed by atoms with E-state index in [1.807, 2.05) is 6.92 Å². The Hall–Kier alpha value is -1.28. The summed E-state index contributed by atoms with van der Waals surface area (Å²) >= 11 is 1.63. The number of aliphatic hydroxyl groups is 1. The first-order valence-corrected chi connectivity index (χ1v) is 11.7. The minimum Gasteiger partial charge on any atom is -0.466 e. The van der Waals surface area contributed by atoms with Crippen molar-refractivity contribution < 1.29 is 24.2 Å². The van der Waals surface area contributed by atoms with E-state index in [2.05, 4.69) is 19.2 Å². The van der Waals surface area contributed by atoms with E-state index in [1.54, 1.807) is 30.5 Å². The topological polar surface area (TPSA) is 95.9 Å². The Bertz CT molecular complexity index is 673. The van der Waals surface area contributed by atoms with Gasteiger partial charge in [0.1, 0.15) is 6.04 Å². The third-order valence-corrected chi connectivity index (χ3v) is 8.92. The number of amides is 2. The van der Waals surface area contributed by atoms with E-state index in [0.29, 0.717) is 0 Å². The van der Waals surface area contributed by atoms with Crippen LogP contribution in [0.1, 0.15) is 53.9 Å². The van der Waals surface area contributed by atoms with Gasteiger partial charge in [0, 0.05) is 11.3 Å². The Morgan fingerprint density at radius 3 is 2.66 bits per heavy atom. The summed E-state index contributed by atoms with van der Waals surface area (Å²) < 4.78 is 4.65. The van der Waals surface area contributed by atoms with Crippen molar-refractivity contribution in [3.63, 3.8) is 0 Å². The molecule has 4 unspecified atom stereocenters. The number of thioether (sulfide) groups is 1. The highest BCUT2D eigenvalue weighted by Gasteiger charge is 2.76. The van der Waals surface area contributed by atoms with Crippen LogP contribution < -0.4 is 5.32 Å². The van der Waals surface area contributed by atoms with E-state index >= 15 is 0 Å². The molecule has 3 heterocycles. The molecule has 0 aromatic heterocycles. The zero-order chi connectivity index (χ0) is 21.5. The Morgan fingerprint density at radius 1 is 1.38 bits per heavy atom.